The topological polar surface area (TPSA) is 37.4 Å². The van der Waals surface area contributed by atoms with Crippen molar-refractivity contribution < 1.29 is 14.0 Å². The third-order valence-corrected chi connectivity index (χ3v) is 4.28. The van der Waals surface area contributed by atoms with E-state index in [1.807, 2.05) is 4.90 Å². The number of hydrogen-bond donors (Lipinski definition) is 0. The van der Waals surface area contributed by atoms with Crippen molar-refractivity contribution in [3.63, 3.8) is 0 Å². The number of halogens is 1. The zero-order valence-corrected chi connectivity index (χ0v) is 11.3. The molecule has 1 aromatic carbocycles. The highest BCUT2D eigenvalue weighted by Crippen LogP contribution is 2.35. The van der Waals surface area contributed by atoms with Gasteiger partial charge in [0.05, 0.1) is 5.56 Å². The molecule has 20 heavy (non-hydrogen) atoms. The van der Waals surface area contributed by atoms with E-state index in [0.29, 0.717) is 18.4 Å². The van der Waals surface area contributed by atoms with Crippen LogP contribution in [0.3, 0.4) is 0 Å². The van der Waals surface area contributed by atoms with Crippen molar-refractivity contribution in [3.8, 4) is 0 Å². The monoisotopic (exact) mass is 275 g/mol. The first kappa shape index (κ1) is 13.3. The number of piperidine rings is 1. The zero-order valence-electron chi connectivity index (χ0n) is 11.3. The van der Waals surface area contributed by atoms with Crippen LogP contribution in [-0.2, 0) is 4.79 Å². The molecular formula is C16H18FNO2. The normalized spacial score (nSPS) is 22.6. The first-order valence-corrected chi connectivity index (χ1v) is 7.23. The molecule has 1 saturated carbocycles. The van der Waals surface area contributed by atoms with Crippen LogP contribution in [0.5, 0.6) is 0 Å². The molecule has 0 aromatic heterocycles. The van der Waals surface area contributed by atoms with Crippen molar-refractivity contribution in [1.29, 1.82) is 0 Å². The summed E-state index contributed by atoms with van der Waals surface area (Å²) in [6, 6.07) is 4.93. The number of hydrogen-bond acceptors (Lipinski definition) is 2. The average Bonchev–Trinajstić information content (AvgIpc) is 3.31. The van der Waals surface area contributed by atoms with Crippen LogP contribution in [0.1, 0.15) is 47.5 Å². The molecule has 2 fully saturated rings. The fourth-order valence-corrected chi connectivity index (χ4v) is 2.99. The van der Waals surface area contributed by atoms with Crippen LogP contribution in [0.4, 0.5) is 4.39 Å². The summed E-state index contributed by atoms with van der Waals surface area (Å²) in [6.07, 6.45) is 4.31. The minimum Gasteiger partial charge on any atom is -0.342 e. The summed E-state index contributed by atoms with van der Waals surface area (Å²) in [5.41, 5.74) is 0.677. The van der Waals surface area contributed by atoms with Crippen molar-refractivity contribution in [1.82, 2.24) is 4.90 Å². The van der Waals surface area contributed by atoms with Gasteiger partial charge in [-0.2, -0.15) is 0 Å². The number of benzene rings is 1. The molecule has 1 amide bonds. The number of likely N-dealkylation sites (tertiary alicyclic amines) is 1. The van der Waals surface area contributed by atoms with Crippen molar-refractivity contribution in [2.45, 2.75) is 31.6 Å². The van der Waals surface area contributed by atoms with Gasteiger partial charge in [-0.25, -0.2) is 4.39 Å². The first-order chi connectivity index (χ1) is 9.70. The van der Waals surface area contributed by atoms with Crippen LogP contribution >= 0.6 is 0 Å². The van der Waals surface area contributed by atoms with Gasteiger partial charge >= 0.3 is 0 Å². The Bertz CT molecular complexity index is 539. The Hall–Kier alpha value is -1.71. The molecular weight excluding hydrogens is 257 g/mol. The lowest BCUT2D eigenvalue weighted by Crippen LogP contribution is -2.40. The number of amides is 1. The van der Waals surface area contributed by atoms with E-state index in [0.717, 1.165) is 32.2 Å². The van der Waals surface area contributed by atoms with E-state index < -0.39 is 5.82 Å². The molecule has 4 heteroatoms. The molecule has 1 heterocycles. The Labute approximate surface area is 117 Å². The smallest absolute Gasteiger partial charge is 0.225 e. The molecule has 0 N–H and O–H groups in total. The molecule has 1 aromatic rings. The molecule has 106 valence electrons. The van der Waals surface area contributed by atoms with Crippen molar-refractivity contribution >= 4 is 12.2 Å². The van der Waals surface area contributed by atoms with Crippen molar-refractivity contribution in [2.75, 3.05) is 13.1 Å². The van der Waals surface area contributed by atoms with Crippen LogP contribution in [0.15, 0.2) is 18.2 Å². The molecule has 0 spiro atoms. The molecule has 1 unspecified atom stereocenters. The maximum Gasteiger partial charge on any atom is 0.225 e. The van der Waals surface area contributed by atoms with Crippen LogP contribution < -0.4 is 0 Å². The molecule has 0 radical (unpaired) electrons. The number of carbonyl (C=O) groups excluding carboxylic acids is 2. The molecule has 2 aliphatic rings. The van der Waals surface area contributed by atoms with E-state index in [2.05, 4.69) is 0 Å². The Balaban J connectivity index is 1.79. The van der Waals surface area contributed by atoms with Gasteiger partial charge in [0.1, 0.15) is 5.82 Å². The quantitative estimate of drug-likeness (QED) is 0.795. The predicted octanol–water partition coefficient (Wildman–Crippen LogP) is 2.75. The second kappa shape index (κ2) is 5.35. The predicted molar refractivity (Wildman–Crippen MR) is 73.1 cm³/mol. The summed E-state index contributed by atoms with van der Waals surface area (Å²) in [5.74, 6) is 0.0149. The third-order valence-electron chi connectivity index (χ3n) is 4.28. The minimum atomic E-state index is -0.423. The number of rotatable bonds is 3. The summed E-state index contributed by atoms with van der Waals surface area (Å²) >= 11 is 0. The fraction of sp³-hybridized carbons (Fsp3) is 0.500. The van der Waals surface area contributed by atoms with Crippen LogP contribution in [0.2, 0.25) is 0 Å². The molecule has 1 aliphatic heterocycles. The van der Waals surface area contributed by atoms with E-state index in [-0.39, 0.29) is 23.3 Å². The molecule has 3 rings (SSSR count). The Morgan fingerprint density at radius 3 is 2.80 bits per heavy atom. The molecule has 1 aliphatic carbocycles. The van der Waals surface area contributed by atoms with Crippen LogP contribution in [0, 0.1) is 11.7 Å². The highest BCUT2D eigenvalue weighted by atomic mass is 19.1. The lowest BCUT2D eigenvalue weighted by molar-refractivity contribution is -0.133. The van der Waals surface area contributed by atoms with Gasteiger partial charge in [-0.3, -0.25) is 9.59 Å². The van der Waals surface area contributed by atoms with E-state index >= 15 is 0 Å². The zero-order chi connectivity index (χ0) is 14.1. The summed E-state index contributed by atoms with van der Waals surface area (Å²) in [4.78, 5) is 24.8. The maximum absolute atomic E-state index is 14.2. The lowest BCUT2D eigenvalue weighted by Gasteiger charge is -2.33. The van der Waals surface area contributed by atoms with E-state index in [1.165, 1.54) is 6.07 Å². The Morgan fingerprint density at radius 1 is 1.30 bits per heavy atom. The molecule has 1 atom stereocenters. The fourth-order valence-electron chi connectivity index (χ4n) is 2.99. The Morgan fingerprint density at radius 2 is 2.10 bits per heavy atom. The summed E-state index contributed by atoms with van der Waals surface area (Å²) in [6.45, 7) is 1.36. The van der Waals surface area contributed by atoms with Gasteiger partial charge in [0, 0.05) is 24.9 Å². The number of aldehydes is 1. The van der Waals surface area contributed by atoms with Gasteiger partial charge in [-0.15, -0.1) is 0 Å². The summed E-state index contributed by atoms with van der Waals surface area (Å²) in [7, 11) is 0. The summed E-state index contributed by atoms with van der Waals surface area (Å²) in [5, 5.41) is 0. The van der Waals surface area contributed by atoms with Gasteiger partial charge < -0.3 is 4.90 Å². The lowest BCUT2D eigenvalue weighted by atomic mass is 9.89. The van der Waals surface area contributed by atoms with E-state index in [4.69, 9.17) is 0 Å². The van der Waals surface area contributed by atoms with Gasteiger partial charge in [0.2, 0.25) is 5.91 Å². The van der Waals surface area contributed by atoms with Gasteiger partial charge in [-0.1, -0.05) is 12.1 Å². The van der Waals surface area contributed by atoms with Crippen molar-refractivity contribution in [2.24, 2.45) is 5.92 Å². The van der Waals surface area contributed by atoms with Gasteiger partial charge in [0.15, 0.2) is 6.29 Å². The highest BCUT2D eigenvalue weighted by molar-refractivity contribution is 5.81. The van der Waals surface area contributed by atoms with E-state index in [1.54, 1.807) is 12.1 Å². The second-order valence-electron chi connectivity index (χ2n) is 5.77. The van der Waals surface area contributed by atoms with Crippen LogP contribution in [0.25, 0.3) is 0 Å². The SMILES string of the molecule is O=Cc1cccc(C2CCCN(C(=O)C3CC3)C2)c1F. The molecule has 3 nitrogen and oxygen atoms in total. The molecule has 1 saturated heterocycles. The van der Waals surface area contributed by atoms with Gasteiger partial charge in [0.25, 0.3) is 0 Å². The van der Waals surface area contributed by atoms with Gasteiger partial charge in [-0.05, 0) is 37.3 Å². The second-order valence-corrected chi connectivity index (χ2v) is 5.77. The molecule has 0 bridgehead atoms. The number of carbonyl (C=O) groups is 2. The third kappa shape index (κ3) is 2.47. The maximum atomic E-state index is 14.2. The average molecular weight is 275 g/mol. The minimum absolute atomic E-state index is 0.00588. The number of nitrogens with zero attached hydrogens (tertiary/aromatic N) is 1. The first-order valence-electron chi connectivity index (χ1n) is 7.23. The summed E-state index contributed by atoms with van der Waals surface area (Å²) < 4.78 is 14.2. The standard InChI is InChI=1S/C16H18FNO2/c17-15-13(10-19)3-1-5-14(15)12-4-2-8-18(9-12)16(20)11-6-7-11/h1,3,5,10-12H,2,4,6-9H2. The van der Waals surface area contributed by atoms with Crippen LogP contribution in [-0.4, -0.2) is 30.2 Å². The van der Waals surface area contributed by atoms with E-state index in [9.17, 15) is 14.0 Å². The Kier molecular flexibility index (Phi) is 3.55. The highest BCUT2D eigenvalue weighted by Gasteiger charge is 2.36. The largest absolute Gasteiger partial charge is 0.342 e. The van der Waals surface area contributed by atoms with Crippen molar-refractivity contribution in [3.05, 3.63) is 35.1 Å².